The van der Waals surface area contributed by atoms with E-state index in [9.17, 15) is 5.11 Å². The summed E-state index contributed by atoms with van der Waals surface area (Å²) in [7, 11) is 0. The first-order chi connectivity index (χ1) is 8.88. The molecule has 2 aromatic rings. The summed E-state index contributed by atoms with van der Waals surface area (Å²) < 4.78 is 0. The van der Waals surface area contributed by atoms with E-state index in [1.807, 2.05) is 18.2 Å². The summed E-state index contributed by atoms with van der Waals surface area (Å²) in [5.74, 6) is 0.446. The third kappa shape index (κ3) is 5.00. The van der Waals surface area contributed by atoms with Crippen molar-refractivity contribution in [3.05, 3.63) is 72.1 Å². The second-order valence-electron chi connectivity index (χ2n) is 6.23. The van der Waals surface area contributed by atoms with Crippen LogP contribution >= 0.6 is 0 Å². The van der Waals surface area contributed by atoms with Crippen molar-refractivity contribution in [2.24, 2.45) is 0 Å². The van der Waals surface area contributed by atoms with Crippen LogP contribution in [-0.2, 0) is 32.9 Å². The van der Waals surface area contributed by atoms with Crippen molar-refractivity contribution >= 4 is 0 Å². The zero-order chi connectivity index (χ0) is 14.0. The Kier molecular flexibility index (Phi) is 7.40. The van der Waals surface area contributed by atoms with Crippen LogP contribution in [0.1, 0.15) is 43.0 Å². The molecule has 0 fully saturated rings. The van der Waals surface area contributed by atoms with Gasteiger partial charge in [-0.3, -0.25) is 0 Å². The molecule has 0 bridgehead atoms. The molecule has 2 heteroatoms. The number of phenolic OH excluding ortho intramolecular Hbond substituents is 1. The van der Waals surface area contributed by atoms with Crippen molar-refractivity contribution in [3.63, 3.8) is 0 Å². The minimum Gasteiger partial charge on any atom is -0.507 e. The van der Waals surface area contributed by atoms with Crippen LogP contribution in [0.3, 0.4) is 0 Å². The maximum Gasteiger partial charge on any atom is 0.122 e. The van der Waals surface area contributed by atoms with Gasteiger partial charge in [0.1, 0.15) is 5.75 Å². The number of aromatic hydroxyl groups is 1. The van der Waals surface area contributed by atoms with Gasteiger partial charge in [-0.05, 0) is 29.0 Å². The number of phenols is 1. The number of hydrogen-bond acceptors (Lipinski definition) is 1. The number of hydrogen-bond donors (Lipinski definition) is 1. The molecule has 0 amide bonds. The molecule has 1 N–H and O–H groups in total. The molecule has 0 spiro atoms. The molecule has 0 saturated heterocycles. The van der Waals surface area contributed by atoms with Gasteiger partial charge in [0.2, 0.25) is 0 Å². The van der Waals surface area contributed by atoms with Gasteiger partial charge in [0.25, 0.3) is 0 Å². The smallest absolute Gasteiger partial charge is 0.122 e. The molecule has 1 nitrogen and oxygen atoms in total. The summed E-state index contributed by atoms with van der Waals surface area (Å²) in [4.78, 5) is 0. The van der Waals surface area contributed by atoms with Gasteiger partial charge in [-0.15, -0.1) is 0 Å². The summed E-state index contributed by atoms with van der Waals surface area (Å²) in [6.07, 6.45) is 0.775. The van der Waals surface area contributed by atoms with E-state index >= 15 is 0 Å². The van der Waals surface area contributed by atoms with Crippen LogP contribution in [0.4, 0.5) is 0 Å². The second kappa shape index (κ2) is 7.80. The Bertz CT molecular complexity index is 568. The van der Waals surface area contributed by atoms with E-state index < -0.39 is 0 Å². The van der Waals surface area contributed by atoms with Crippen LogP contribution in [0.15, 0.2) is 42.5 Å². The van der Waals surface area contributed by atoms with E-state index in [0.29, 0.717) is 5.75 Å². The number of benzene rings is 2. The molecule has 21 heavy (non-hydrogen) atoms. The first-order valence-electron chi connectivity index (χ1n) is 6.75. The molecule has 0 aliphatic carbocycles. The molecule has 114 valence electrons. The fraction of sp³-hybridized carbons (Fsp3) is 0.316. The minimum absolute atomic E-state index is 0. The topological polar surface area (TPSA) is 20.2 Å². The SMILES string of the molecule is Cc1cc(Cc2ccccc2)c(O)c(C(C)(C)C)c1.[CH3-].[W]. The Morgan fingerprint density at radius 2 is 1.57 bits per heavy atom. The van der Waals surface area contributed by atoms with Crippen molar-refractivity contribution in [1.82, 2.24) is 0 Å². The Hall–Kier alpha value is -1.07. The van der Waals surface area contributed by atoms with Crippen molar-refractivity contribution in [2.75, 3.05) is 0 Å². The van der Waals surface area contributed by atoms with Gasteiger partial charge >= 0.3 is 0 Å². The quantitative estimate of drug-likeness (QED) is 0.633. The zero-order valence-electron chi connectivity index (χ0n) is 13.6. The Labute approximate surface area is 143 Å². The molecule has 0 unspecified atom stereocenters. The minimum atomic E-state index is -0.0401. The van der Waals surface area contributed by atoms with Gasteiger partial charge < -0.3 is 12.5 Å². The normalized spacial score (nSPS) is 10.5. The van der Waals surface area contributed by atoms with Gasteiger partial charge in [-0.25, -0.2) is 0 Å². The van der Waals surface area contributed by atoms with Gasteiger partial charge in [-0.1, -0.05) is 68.8 Å². The summed E-state index contributed by atoms with van der Waals surface area (Å²) in [5.41, 5.74) is 4.42. The number of aryl methyl sites for hydroxylation is 1. The van der Waals surface area contributed by atoms with Gasteiger partial charge in [0.15, 0.2) is 0 Å². The predicted octanol–water partition coefficient (Wildman–Crippen LogP) is 5.04. The second-order valence-corrected chi connectivity index (χ2v) is 6.23. The molecule has 2 aromatic carbocycles. The maximum atomic E-state index is 10.5. The molecular weight excluding hydrogens is 428 g/mol. The average Bonchev–Trinajstić information content (AvgIpc) is 2.33. The Morgan fingerprint density at radius 3 is 2.10 bits per heavy atom. The van der Waals surface area contributed by atoms with Crippen LogP contribution in [0.5, 0.6) is 5.75 Å². The fourth-order valence-corrected chi connectivity index (χ4v) is 2.38. The predicted molar refractivity (Wildman–Crippen MR) is 87.2 cm³/mol. The Balaban J connectivity index is 0.00000200. The monoisotopic (exact) mass is 453 g/mol. The van der Waals surface area contributed by atoms with Crippen molar-refractivity contribution in [1.29, 1.82) is 0 Å². The average molecular weight is 453 g/mol. The summed E-state index contributed by atoms with van der Waals surface area (Å²) in [6.45, 7) is 8.48. The third-order valence-electron chi connectivity index (χ3n) is 3.38. The van der Waals surface area contributed by atoms with Crippen LogP contribution in [0.2, 0.25) is 0 Å². The van der Waals surface area contributed by atoms with E-state index in [4.69, 9.17) is 0 Å². The first kappa shape index (κ1) is 19.9. The molecule has 0 heterocycles. The molecule has 0 saturated carbocycles. The van der Waals surface area contributed by atoms with Gasteiger partial charge in [-0.2, -0.15) is 0 Å². The van der Waals surface area contributed by atoms with Crippen LogP contribution < -0.4 is 0 Å². The standard InChI is InChI=1S/C18H22O.CH3.W/c1-13-10-15(12-14-8-6-5-7-9-14)17(19)16(11-13)18(2,3)4;;/h5-11,19H,12H2,1-4H3;1H3;/q;-1;. The van der Waals surface area contributed by atoms with E-state index in [0.717, 1.165) is 17.5 Å². The van der Waals surface area contributed by atoms with Crippen LogP contribution in [0, 0.1) is 14.4 Å². The van der Waals surface area contributed by atoms with E-state index in [1.165, 1.54) is 11.1 Å². The van der Waals surface area contributed by atoms with Crippen molar-refractivity contribution in [2.45, 2.75) is 39.5 Å². The number of rotatable bonds is 2. The van der Waals surface area contributed by atoms with Crippen LogP contribution in [-0.4, -0.2) is 5.11 Å². The summed E-state index contributed by atoms with van der Waals surface area (Å²) in [5, 5.41) is 10.5. The van der Waals surface area contributed by atoms with Crippen molar-refractivity contribution in [3.8, 4) is 5.75 Å². The largest absolute Gasteiger partial charge is 0.507 e. The molecule has 0 aliphatic heterocycles. The van der Waals surface area contributed by atoms with Crippen LogP contribution in [0.25, 0.3) is 0 Å². The molecule has 0 aromatic heterocycles. The first-order valence-corrected chi connectivity index (χ1v) is 6.75. The fourth-order valence-electron chi connectivity index (χ4n) is 2.38. The molecule has 0 radical (unpaired) electrons. The molecular formula is C19H25OW-. The summed E-state index contributed by atoms with van der Waals surface area (Å²) in [6, 6.07) is 14.4. The molecule has 0 atom stereocenters. The van der Waals surface area contributed by atoms with E-state index in [-0.39, 0.29) is 33.9 Å². The molecule has 0 aliphatic rings. The summed E-state index contributed by atoms with van der Waals surface area (Å²) >= 11 is 0. The van der Waals surface area contributed by atoms with E-state index in [2.05, 4.69) is 52.0 Å². The van der Waals surface area contributed by atoms with Gasteiger partial charge in [0.05, 0.1) is 0 Å². The van der Waals surface area contributed by atoms with Crippen molar-refractivity contribution < 1.29 is 26.2 Å². The molecule has 2 rings (SSSR count). The van der Waals surface area contributed by atoms with E-state index in [1.54, 1.807) is 0 Å². The maximum absolute atomic E-state index is 10.5. The third-order valence-corrected chi connectivity index (χ3v) is 3.38. The Morgan fingerprint density at radius 1 is 1.00 bits per heavy atom. The van der Waals surface area contributed by atoms with Gasteiger partial charge in [0, 0.05) is 27.5 Å². The zero-order valence-corrected chi connectivity index (χ0v) is 16.5.